The molecule has 2 atom stereocenters. The topological polar surface area (TPSA) is 75.6 Å². The van der Waals surface area contributed by atoms with Gasteiger partial charge in [-0.25, -0.2) is 4.79 Å². The lowest BCUT2D eigenvalue weighted by atomic mass is 9.98. The summed E-state index contributed by atoms with van der Waals surface area (Å²) in [5.74, 6) is -0.485. The van der Waals surface area contributed by atoms with Crippen molar-refractivity contribution in [2.24, 2.45) is 5.92 Å². The highest BCUT2D eigenvalue weighted by Gasteiger charge is 2.18. The van der Waals surface area contributed by atoms with Crippen LogP contribution in [-0.4, -0.2) is 29.6 Å². The summed E-state index contributed by atoms with van der Waals surface area (Å²) in [5.41, 5.74) is 0.910. The van der Waals surface area contributed by atoms with E-state index in [-0.39, 0.29) is 18.9 Å². The number of hydrogen-bond donors (Lipinski definition) is 2. The van der Waals surface area contributed by atoms with E-state index in [0.29, 0.717) is 6.42 Å². The second kappa shape index (κ2) is 8.32. The zero-order valence-electron chi connectivity index (χ0n) is 11.8. The van der Waals surface area contributed by atoms with E-state index >= 15 is 0 Å². The molecule has 5 heteroatoms. The SMILES string of the molecule is CC(=O)C(C)C(O)CCNC(=O)OCc1ccccc1. The maximum atomic E-state index is 11.4. The van der Waals surface area contributed by atoms with Crippen LogP contribution in [0.2, 0.25) is 0 Å². The van der Waals surface area contributed by atoms with Gasteiger partial charge in [0.15, 0.2) is 0 Å². The molecule has 110 valence electrons. The number of alkyl carbamates (subject to hydrolysis) is 1. The first-order valence-electron chi connectivity index (χ1n) is 6.63. The molecular weight excluding hydrogens is 258 g/mol. The van der Waals surface area contributed by atoms with Gasteiger partial charge in [0.05, 0.1) is 6.10 Å². The molecule has 1 aromatic carbocycles. The van der Waals surface area contributed by atoms with Crippen molar-refractivity contribution < 1.29 is 19.4 Å². The van der Waals surface area contributed by atoms with Gasteiger partial charge in [0.2, 0.25) is 0 Å². The van der Waals surface area contributed by atoms with Crippen LogP contribution >= 0.6 is 0 Å². The number of ketones is 1. The van der Waals surface area contributed by atoms with Crippen molar-refractivity contribution >= 4 is 11.9 Å². The number of hydrogen-bond acceptors (Lipinski definition) is 4. The molecular formula is C15H21NO4. The van der Waals surface area contributed by atoms with E-state index in [1.54, 1.807) is 6.92 Å². The van der Waals surface area contributed by atoms with E-state index in [9.17, 15) is 14.7 Å². The monoisotopic (exact) mass is 279 g/mol. The Morgan fingerprint density at radius 1 is 1.30 bits per heavy atom. The smallest absolute Gasteiger partial charge is 0.407 e. The summed E-state index contributed by atoms with van der Waals surface area (Å²) in [6, 6.07) is 9.37. The first-order valence-corrected chi connectivity index (χ1v) is 6.63. The third kappa shape index (κ3) is 5.84. The van der Waals surface area contributed by atoms with Gasteiger partial charge in [0, 0.05) is 12.5 Å². The van der Waals surface area contributed by atoms with Gasteiger partial charge < -0.3 is 15.2 Å². The molecule has 0 bridgehead atoms. The van der Waals surface area contributed by atoms with Gasteiger partial charge in [0.25, 0.3) is 0 Å². The molecule has 5 nitrogen and oxygen atoms in total. The maximum Gasteiger partial charge on any atom is 0.407 e. The zero-order valence-corrected chi connectivity index (χ0v) is 11.8. The molecule has 2 unspecified atom stereocenters. The Bertz CT molecular complexity index is 433. The highest BCUT2D eigenvalue weighted by atomic mass is 16.5. The summed E-state index contributed by atoms with van der Waals surface area (Å²) in [6.45, 7) is 3.58. The highest BCUT2D eigenvalue weighted by Crippen LogP contribution is 2.07. The third-order valence-corrected chi connectivity index (χ3v) is 3.14. The normalized spacial score (nSPS) is 13.3. The molecule has 0 fully saturated rings. The number of aliphatic hydroxyl groups is 1. The molecule has 0 spiro atoms. The quantitative estimate of drug-likeness (QED) is 0.799. The maximum absolute atomic E-state index is 11.4. The van der Waals surface area contributed by atoms with Crippen LogP contribution < -0.4 is 5.32 Å². The minimum absolute atomic E-state index is 0.0656. The summed E-state index contributed by atoms with van der Waals surface area (Å²) in [6.07, 6.45) is -0.959. The number of benzene rings is 1. The lowest BCUT2D eigenvalue weighted by Gasteiger charge is -2.16. The Labute approximate surface area is 118 Å². The minimum atomic E-state index is -0.748. The molecule has 0 aliphatic carbocycles. The molecule has 1 amide bonds. The highest BCUT2D eigenvalue weighted by molar-refractivity contribution is 5.78. The molecule has 2 N–H and O–H groups in total. The number of nitrogens with one attached hydrogen (secondary N) is 1. The fourth-order valence-electron chi connectivity index (χ4n) is 1.62. The number of amides is 1. The Morgan fingerprint density at radius 3 is 2.55 bits per heavy atom. The van der Waals surface area contributed by atoms with Gasteiger partial charge in [-0.2, -0.15) is 0 Å². The lowest BCUT2D eigenvalue weighted by Crippen LogP contribution is -2.31. The van der Waals surface area contributed by atoms with Gasteiger partial charge in [-0.1, -0.05) is 37.3 Å². The number of carbonyl (C=O) groups excluding carboxylic acids is 2. The molecule has 0 heterocycles. The number of aliphatic hydroxyl groups excluding tert-OH is 1. The molecule has 0 aliphatic heterocycles. The van der Waals surface area contributed by atoms with Crippen molar-refractivity contribution in [2.45, 2.75) is 33.0 Å². The molecule has 20 heavy (non-hydrogen) atoms. The van der Waals surface area contributed by atoms with Crippen molar-refractivity contribution in [3.63, 3.8) is 0 Å². The molecule has 1 aromatic rings. The Kier molecular flexibility index (Phi) is 6.73. The van der Waals surface area contributed by atoms with Gasteiger partial charge in [0.1, 0.15) is 12.4 Å². The van der Waals surface area contributed by atoms with Crippen LogP contribution in [0.25, 0.3) is 0 Å². The molecule has 1 rings (SSSR count). The molecule has 0 radical (unpaired) electrons. The average molecular weight is 279 g/mol. The summed E-state index contributed by atoms with van der Waals surface area (Å²) < 4.78 is 5.02. The third-order valence-electron chi connectivity index (χ3n) is 3.14. The van der Waals surface area contributed by atoms with Gasteiger partial charge in [-0.3, -0.25) is 4.79 Å². The number of Topliss-reactive ketones (excluding diaryl/α,β-unsaturated/α-hetero) is 1. The zero-order chi connectivity index (χ0) is 15.0. The number of rotatable bonds is 7. The predicted molar refractivity (Wildman–Crippen MR) is 75.1 cm³/mol. The summed E-state index contributed by atoms with van der Waals surface area (Å²) in [5, 5.41) is 12.2. The lowest BCUT2D eigenvalue weighted by molar-refractivity contribution is -0.123. The minimum Gasteiger partial charge on any atom is -0.445 e. The number of ether oxygens (including phenoxy) is 1. The summed E-state index contributed by atoms with van der Waals surface area (Å²) in [7, 11) is 0. The Hall–Kier alpha value is -1.88. The van der Waals surface area contributed by atoms with E-state index in [1.807, 2.05) is 30.3 Å². The van der Waals surface area contributed by atoms with E-state index in [1.165, 1.54) is 6.92 Å². The molecule has 0 saturated carbocycles. The van der Waals surface area contributed by atoms with Crippen LogP contribution in [-0.2, 0) is 16.1 Å². The fraction of sp³-hybridized carbons (Fsp3) is 0.467. The first kappa shape index (κ1) is 16.2. The van der Waals surface area contributed by atoms with E-state index in [0.717, 1.165) is 5.56 Å². The average Bonchev–Trinajstić information content (AvgIpc) is 2.45. The Balaban J connectivity index is 2.19. The molecule has 0 saturated heterocycles. The van der Waals surface area contributed by atoms with Gasteiger partial charge in [-0.15, -0.1) is 0 Å². The standard InChI is InChI=1S/C15H21NO4/c1-11(12(2)17)14(18)8-9-16-15(19)20-10-13-6-4-3-5-7-13/h3-7,11,14,18H,8-10H2,1-2H3,(H,16,19). The first-order chi connectivity index (χ1) is 9.50. The van der Waals surface area contributed by atoms with E-state index < -0.39 is 18.1 Å². The van der Waals surface area contributed by atoms with Crippen molar-refractivity contribution in [2.75, 3.05) is 6.54 Å². The van der Waals surface area contributed by atoms with Crippen LogP contribution in [0.5, 0.6) is 0 Å². The fourth-order valence-corrected chi connectivity index (χ4v) is 1.62. The van der Waals surface area contributed by atoms with Crippen molar-refractivity contribution in [3.8, 4) is 0 Å². The van der Waals surface area contributed by atoms with Gasteiger partial charge >= 0.3 is 6.09 Å². The Morgan fingerprint density at radius 2 is 1.95 bits per heavy atom. The van der Waals surface area contributed by atoms with E-state index in [2.05, 4.69) is 5.32 Å². The van der Waals surface area contributed by atoms with Crippen LogP contribution in [0.15, 0.2) is 30.3 Å². The second-order valence-corrected chi connectivity index (χ2v) is 4.74. The van der Waals surface area contributed by atoms with Crippen LogP contribution in [0.4, 0.5) is 4.79 Å². The van der Waals surface area contributed by atoms with Crippen LogP contribution in [0, 0.1) is 5.92 Å². The van der Waals surface area contributed by atoms with E-state index in [4.69, 9.17) is 4.74 Å². The summed E-state index contributed by atoms with van der Waals surface area (Å²) in [4.78, 5) is 22.5. The van der Waals surface area contributed by atoms with Crippen LogP contribution in [0.3, 0.4) is 0 Å². The summed E-state index contributed by atoms with van der Waals surface area (Å²) >= 11 is 0. The molecule has 0 aromatic heterocycles. The number of carbonyl (C=O) groups is 2. The predicted octanol–water partition coefficient (Wildman–Crippen LogP) is 1.89. The van der Waals surface area contributed by atoms with Crippen LogP contribution in [0.1, 0.15) is 25.8 Å². The van der Waals surface area contributed by atoms with Crippen molar-refractivity contribution in [1.82, 2.24) is 5.32 Å². The van der Waals surface area contributed by atoms with Gasteiger partial charge in [-0.05, 0) is 18.9 Å². The van der Waals surface area contributed by atoms with Crippen molar-refractivity contribution in [1.29, 1.82) is 0 Å². The second-order valence-electron chi connectivity index (χ2n) is 4.74. The largest absolute Gasteiger partial charge is 0.445 e. The molecule has 0 aliphatic rings. The van der Waals surface area contributed by atoms with Crippen molar-refractivity contribution in [3.05, 3.63) is 35.9 Å².